The molecule has 5 nitrogen and oxygen atoms in total. The van der Waals surface area contributed by atoms with Crippen LogP contribution in [-0.4, -0.2) is 41.5 Å². The molecule has 2 N–H and O–H groups in total. The highest BCUT2D eigenvalue weighted by atomic mass is 35.5. The smallest absolute Gasteiger partial charge is 0.273 e. The molecule has 8 heteroatoms. The van der Waals surface area contributed by atoms with Gasteiger partial charge in [0.15, 0.2) is 0 Å². The van der Waals surface area contributed by atoms with Crippen LogP contribution >= 0.6 is 36.2 Å². The molecule has 2 aromatic rings. The number of ether oxygens (including phenoxy) is 1. The molecule has 0 aliphatic carbocycles. The van der Waals surface area contributed by atoms with Crippen LogP contribution in [0.15, 0.2) is 29.6 Å². The molecule has 2 heterocycles. The third kappa shape index (κ3) is 5.31. The van der Waals surface area contributed by atoms with Crippen molar-refractivity contribution >= 4 is 42.1 Å². The van der Waals surface area contributed by atoms with Gasteiger partial charge in [0.05, 0.1) is 6.61 Å². The minimum Gasteiger partial charge on any atom is -0.494 e. The van der Waals surface area contributed by atoms with Crippen LogP contribution in [0.5, 0.6) is 5.75 Å². The van der Waals surface area contributed by atoms with Crippen LogP contribution in [-0.2, 0) is 0 Å². The Bertz CT molecular complexity index is 671. The Hall–Kier alpha value is -1.34. The molecule has 1 aliphatic heterocycles. The maximum Gasteiger partial charge on any atom is 0.273 e. The van der Waals surface area contributed by atoms with Gasteiger partial charge < -0.3 is 15.4 Å². The van der Waals surface area contributed by atoms with Gasteiger partial charge in [-0.1, -0.05) is 0 Å². The standard InChI is InChI=1S/C17H21N3O2S.2ClH/c1-2-22-14-5-3-12(4-6-14)16-19-15(11-23-16)17(21)20-9-7-13(18)8-10-20;;/h3-6,11,13H,2,7-10,18H2,1H3;2*1H. The average molecular weight is 404 g/mol. The molecule has 0 radical (unpaired) electrons. The third-order valence-corrected chi connectivity index (χ3v) is 4.85. The molecule has 0 spiro atoms. The first-order chi connectivity index (χ1) is 11.2. The van der Waals surface area contributed by atoms with Crippen LogP contribution in [0.2, 0.25) is 0 Å². The van der Waals surface area contributed by atoms with Gasteiger partial charge in [0, 0.05) is 30.1 Å². The van der Waals surface area contributed by atoms with E-state index in [-0.39, 0.29) is 36.8 Å². The Balaban J connectivity index is 0.00000156. The van der Waals surface area contributed by atoms with Crippen LogP contribution < -0.4 is 10.5 Å². The number of rotatable bonds is 4. The van der Waals surface area contributed by atoms with Crippen molar-refractivity contribution in [1.29, 1.82) is 0 Å². The second-order valence-electron chi connectivity index (χ2n) is 5.62. The summed E-state index contributed by atoms with van der Waals surface area (Å²) in [4.78, 5) is 18.9. The van der Waals surface area contributed by atoms with E-state index in [2.05, 4.69) is 4.98 Å². The molecule has 0 bridgehead atoms. The maximum absolute atomic E-state index is 12.5. The fourth-order valence-electron chi connectivity index (χ4n) is 2.63. The van der Waals surface area contributed by atoms with Crippen LogP contribution in [0.3, 0.4) is 0 Å². The summed E-state index contributed by atoms with van der Waals surface area (Å²) in [5.41, 5.74) is 7.41. The Morgan fingerprint density at radius 1 is 1.28 bits per heavy atom. The van der Waals surface area contributed by atoms with Crippen LogP contribution in [0.1, 0.15) is 30.3 Å². The quantitative estimate of drug-likeness (QED) is 0.845. The van der Waals surface area contributed by atoms with Gasteiger partial charge in [0.25, 0.3) is 5.91 Å². The normalized spacial score (nSPS) is 14.4. The second kappa shape index (κ2) is 9.97. The van der Waals surface area contributed by atoms with E-state index in [0.29, 0.717) is 12.3 Å². The van der Waals surface area contributed by atoms with E-state index in [1.807, 2.05) is 41.5 Å². The van der Waals surface area contributed by atoms with Crippen molar-refractivity contribution in [3.8, 4) is 16.3 Å². The zero-order valence-electron chi connectivity index (χ0n) is 14.0. The number of carbonyl (C=O) groups excluding carboxylic acids is 1. The number of likely N-dealkylation sites (tertiary alicyclic amines) is 1. The fraction of sp³-hybridized carbons (Fsp3) is 0.412. The zero-order valence-corrected chi connectivity index (χ0v) is 16.5. The molecule has 0 saturated carbocycles. The molecule has 1 fully saturated rings. The Kier molecular flexibility index (Phi) is 8.65. The predicted octanol–water partition coefficient (Wildman–Crippen LogP) is 3.62. The average Bonchev–Trinajstić information content (AvgIpc) is 3.06. The first-order valence-electron chi connectivity index (χ1n) is 7.91. The number of halogens is 2. The summed E-state index contributed by atoms with van der Waals surface area (Å²) < 4.78 is 5.44. The number of hydrogen-bond acceptors (Lipinski definition) is 5. The molecule has 1 aromatic heterocycles. The summed E-state index contributed by atoms with van der Waals surface area (Å²) in [6.45, 7) is 4.04. The maximum atomic E-state index is 12.5. The van der Waals surface area contributed by atoms with E-state index < -0.39 is 0 Å². The molecule has 1 amide bonds. The lowest BCUT2D eigenvalue weighted by Gasteiger charge is -2.29. The monoisotopic (exact) mass is 403 g/mol. The largest absolute Gasteiger partial charge is 0.494 e. The number of nitrogens with zero attached hydrogens (tertiary/aromatic N) is 2. The van der Waals surface area contributed by atoms with E-state index in [1.54, 1.807) is 0 Å². The number of piperidine rings is 1. The predicted molar refractivity (Wildman–Crippen MR) is 106 cm³/mol. The molecule has 1 aromatic carbocycles. The first kappa shape index (κ1) is 21.7. The van der Waals surface area contributed by atoms with Gasteiger partial charge in [-0.15, -0.1) is 36.2 Å². The van der Waals surface area contributed by atoms with Crippen molar-refractivity contribution in [2.75, 3.05) is 19.7 Å². The summed E-state index contributed by atoms with van der Waals surface area (Å²) >= 11 is 1.49. The number of benzene rings is 1. The number of hydrogen-bond donors (Lipinski definition) is 1. The minimum absolute atomic E-state index is 0. The molecule has 1 aliphatic rings. The lowest BCUT2D eigenvalue weighted by Crippen LogP contribution is -2.42. The Morgan fingerprint density at radius 3 is 2.52 bits per heavy atom. The van der Waals surface area contributed by atoms with E-state index in [9.17, 15) is 4.79 Å². The van der Waals surface area contributed by atoms with Gasteiger partial charge >= 0.3 is 0 Å². The van der Waals surface area contributed by atoms with Crippen LogP contribution in [0.4, 0.5) is 0 Å². The van der Waals surface area contributed by atoms with Crippen molar-refractivity contribution in [2.45, 2.75) is 25.8 Å². The van der Waals surface area contributed by atoms with E-state index in [1.165, 1.54) is 11.3 Å². The second-order valence-corrected chi connectivity index (χ2v) is 6.48. The summed E-state index contributed by atoms with van der Waals surface area (Å²) in [6.07, 6.45) is 1.73. The van der Waals surface area contributed by atoms with Crippen molar-refractivity contribution in [1.82, 2.24) is 9.88 Å². The fourth-order valence-corrected chi connectivity index (χ4v) is 3.43. The molecular weight excluding hydrogens is 381 g/mol. The number of nitrogens with two attached hydrogens (primary N) is 1. The van der Waals surface area contributed by atoms with Gasteiger partial charge in [0.1, 0.15) is 16.5 Å². The van der Waals surface area contributed by atoms with E-state index >= 15 is 0 Å². The zero-order chi connectivity index (χ0) is 16.2. The summed E-state index contributed by atoms with van der Waals surface area (Å²) in [7, 11) is 0. The lowest BCUT2D eigenvalue weighted by molar-refractivity contribution is 0.0709. The third-order valence-electron chi connectivity index (χ3n) is 3.96. The SMILES string of the molecule is CCOc1ccc(-c2nc(C(=O)N3CCC(N)CC3)cs2)cc1.Cl.Cl. The summed E-state index contributed by atoms with van der Waals surface area (Å²) in [5.74, 6) is 0.846. The summed E-state index contributed by atoms with van der Waals surface area (Å²) in [5, 5.41) is 2.69. The highest BCUT2D eigenvalue weighted by Crippen LogP contribution is 2.26. The Labute approximate surface area is 164 Å². The van der Waals surface area contributed by atoms with Crippen LogP contribution in [0.25, 0.3) is 10.6 Å². The molecule has 0 atom stereocenters. The first-order valence-corrected chi connectivity index (χ1v) is 8.79. The topological polar surface area (TPSA) is 68.5 Å². The number of aromatic nitrogens is 1. The van der Waals surface area contributed by atoms with Crippen molar-refractivity contribution < 1.29 is 9.53 Å². The van der Waals surface area contributed by atoms with Gasteiger partial charge in [0.2, 0.25) is 0 Å². The van der Waals surface area contributed by atoms with Crippen molar-refractivity contribution in [2.24, 2.45) is 5.73 Å². The Morgan fingerprint density at radius 2 is 1.92 bits per heavy atom. The van der Waals surface area contributed by atoms with Gasteiger partial charge in [-0.2, -0.15) is 0 Å². The molecule has 0 unspecified atom stereocenters. The van der Waals surface area contributed by atoms with Crippen molar-refractivity contribution in [3.05, 3.63) is 35.3 Å². The number of amides is 1. The highest BCUT2D eigenvalue weighted by molar-refractivity contribution is 7.13. The highest BCUT2D eigenvalue weighted by Gasteiger charge is 2.23. The lowest BCUT2D eigenvalue weighted by atomic mass is 10.1. The number of thiazole rings is 1. The molecular formula is C17H23Cl2N3O2S. The molecule has 138 valence electrons. The van der Waals surface area contributed by atoms with E-state index in [4.69, 9.17) is 10.5 Å². The van der Waals surface area contributed by atoms with E-state index in [0.717, 1.165) is 42.3 Å². The van der Waals surface area contributed by atoms with Crippen LogP contribution in [0, 0.1) is 0 Å². The minimum atomic E-state index is 0. The molecule has 25 heavy (non-hydrogen) atoms. The molecule has 1 saturated heterocycles. The van der Waals surface area contributed by atoms with Gasteiger partial charge in [-0.05, 0) is 44.0 Å². The molecule has 3 rings (SSSR count). The number of carbonyl (C=O) groups is 1. The van der Waals surface area contributed by atoms with Crippen molar-refractivity contribution in [3.63, 3.8) is 0 Å². The van der Waals surface area contributed by atoms with Gasteiger partial charge in [-0.3, -0.25) is 4.79 Å². The summed E-state index contributed by atoms with van der Waals surface area (Å²) in [6, 6.07) is 8.01. The van der Waals surface area contributed by atoms with Gasteiger partial charge in [-0.25, -0.2) is 4.98 Å².